The van der Waals surface area contributed by atoms with E-state index in [1.54, 1.807) is 0 Å². The molecular weight excluding hydrogens is 328 g/mol. The molecule has 0 aromatic carbocycles. The first-order valence-corrected chi connectivity index (χ1v) is 9.80. The smallest absolute Gasteiger partial charge is 0.331 e. The summed E-state index contributed by atoms with van der Waals surface area (Å²) in [6.07, 6.45) is 9.96. The molecule has 0 heterocycles. The number of ether oxygens (including phenoxy) is 1. The minimum atomic E-state index is -0.764. The molecule has 3 atom stereocenters. The molecule has 4 heteroatoms. The molecule has 0 unspecified atom stereocenters. The van der Waals surface area contributed by atoms with Crippen LogP contribution in [0.15, 0.2) is 23.3 Å². The molecule has 0 bridgehead atoms. The van der Waals surface area contributed by atoms with E-state index in [9.17, 15) is 14.7 Å². The number of carbonyl (C=O) groups excluding carboxylic acids is 1. The Morgan fingerprint density at radius 1 is 1.27 bits per heavy atom. The van der Waals surface area contributed by atoms with Gasteiger partial charge in [-0.3, -0.25) is 4.79 Å². The summed E-state index contributed by atoms with van der Waals surface area (Å²) in [5.41, 5.74) is 2.05. The second-order valence-electron chi connectivity index (χ2n) is 9.05. The van der Waals surface area contributed by atoms with Crippen LogP contribution in [0, 0.1) is 22.7 Å². The lowest BCUT2D eigenvalue weighted by atomic mass is 9.48. The Bertz CT molecular complexity index is 614. The molecule has 26 heavy (non-hydrogen) atoms. The number of allylic oxidation sites excluding steroid dienone is 2. The minimum absolute atomic E-state index is 0.0421. The minimum Gasteiger partial charge on any atom is -0.478 e. The molecule has 0 aromatic heterocycles. The molecule has 0 saturated heterocycles. The van der Waals surface area contributed by atoms with Crippen molar-refractivity contribution in [1.29, 1.82) is 0 Å². The highest BCUT2D eigenvalue weighted by Gasteiger charge is 2.53. The second kappa shape index (κ2) is 7.98. The topological polar surface area (TPSA) is 63.6 Å². The maximum atomic E-state index is 11.9. The Labute approximate surface area is 157 Å². The number of fused-ring (bicyclic) bond motifs is 1. The molecule has 2 rings (SSSR count). The first-order chi connectivity index (χ1) is 12.1. The first kappa shape index (κ1) is 20.7. The van der Waals surface area contributed by atoms with Crippen molar-refractivity contribution in [1.82, 2.24) is 0 Å². The Hall–Kier alpha value is -1.58. The summed E-state index contributed by atoms with van der Waals surface area (Å²) in [6.45, 7) is 10.7. The van der Waals surface area contributed by atoms with Gasteiger partial charge in [0.05, 0.1) is 0 Å². The van der Waals surface area contributed by atoms with E-state index in [0.29, 0.717) is 18.1 Å². The molecule has 0 aromatic rings. The summed E-state index contributed by atoms with van der Waals surface area (Å²) >= 11 is 0. The van der Waals surface area contributed by atoms with E-state index in [1.165, 1.54) is 19.8 Å². The average molecular weight is 363 g/mol. The number of aliphatic carboxylic acids is 1. The molecular formula is C22H34O4. The zero-order valence-electron chi connectivity index (χ0n) is 16.9. The van der Waals surface area contributed by atoms with Crippen LogP contribution in [0.5, 0.6) is 0 Å². The van der Waals surface area contributed by atoms with E-state index < -0.39 is 5.97 Å². The third-order valence-electron chi connectivity index (χ3n) is 6.81. The van der Waals surface area contributed by atoms with E-state index in [-0.39, 0.29) is 22.7 Å². The second-order valence-corrected chi connectivity index (χ2v) is 9.05. The normalized spacial score (nSPS) is 31.0. The van der Waals surface area contributed by atoms with Gasteiger partial charge in [-0.05, 0) is 67.8 Å². The predicted molar refractivity (Wildman–Crippen MR) is 103 cm³/mol. The number of carboxylic acids is 1. The van der Waals surface area contributed by atoms with Crippen molar-refractivity contribution in [2.45, 2.75) is 73.1 Å². The molecule has 146 valence electrons. The summed E-state index contributed by atoms with van der Waals surface area (Å²) in [6, 6.07) is 0. The van der Waals surface area contributed by atoms with Crippen LogP contribution < -0.4 is 0 Å². The summed E-state index contributed by atoms with van der Waals surface area (Å²) < 4.78 is 4.98. The standard InChI is InChI=1S/C22H34O4/c1-15(11-14-26-16(2)23)7-9-18-17(20(24)25)8-10-19-21(3,4)12-6-13-22(18,19)5/h8,11,18-19H,6-7,9-10,12-14H2,1-5H3,(H,24,25)/b15-11+/t18-,19+,22+/m0/s1. The lowest BCUT2D eigenvalue weighted by Gasteiger charge is -2.56. The van der Waals surface area contributed by atoms with Crippen LogP contribution >= 0.6 is 0 Å². The van der Waals surface area contributed by atoms with Crippen molar-refractivity contribution in [3.05, 3.63) is 23.3 Å². The number of rotatable bonds is 6. The number of carboxylic acid groups (broad SMARTS) is 1. The van der Waals surface area contributed by atoms with Crippen LogP contribution in [-0.2, 0) is 14.3 Å². The zero-order chi connectivity index (χ0) is 19.5. The predicted octanol–water partition coefficient (Wildman–Crippen LogP) is 5.14. The fraction of sp³-hybridized carbons (Fsp3) is 0.727. The fourth-order valence-corrected chi connectivity index (χ4v) is 5.41. The van der Waals surface area contributed by atoms with Crippen molar-refractivity contribution < 1.29 is 19.4 Å². The van der Waals surface area contributed by atoms with Crippen LogP contribution in [0.1, 0.15) is 73.1 Å². The van der Waals surface area contributed by atoms with Crippen LogP contribution in [0.2, 0.25) is 0 Å². The van der Waals surface area contributed by atoms with E-state index in [0.717, 1.165) is 31.3 Å². The molecule has 0 aliphatic heterocycles. The molecule has 0 amide bonds. The van der Waals surface area contributed by atoms with E-state index >= 15 is 0 Å². The Morgan fingerprint density at radius 3 is 2.58 bits per heavy atom. The summed E-state index contributed by atoms with van der Waals surface area (Å²) in [5, 5.41) is 9.77. The number of hydrogen-bond acceptors (Lipinski definition) is 3. The van der Waals surface area contributed by atoms with Crippen LogP contribution in [0.25, 0.3) is 0 Å². The van der Waals surface area contributed by atoms with Crippen molar-refractivity contribution in [3.8, 4) is 0 Å². The largest absolute Gasteiger partial charge is 0.478 e. The Balaban J connectivity index is 2.19. The summed E-state index contributed by atoms with van der Waals surface area (Å²) in [7, 11) is 0. The lowest BCUT2D eigenvalue weighted by Crippen LogP contribution is -2.49. The van der Waals surface area contributed by atoms with Gasteiger partial charge >= 0.3 is 11.9 Å². The zero-order valence-corrected chi connectivity index (χ0v) is 16.9. The van der Waals surface area contributed by atoms with Crippen molar-refractivity contribution >= 4 is 11.9 Å². The molecule has 1 N–H and O–H groups in total. The lowest BCUT2D eigenvalue weighted by molar-refractivity contribution is -0.139. The molecule has 0 radical (unpaired) electrons. The van der Waals surface area contributed by atoms with E-state index in [2.05, 4.69) is 20.8 Å². The SMILES string of the molecule is CC(=O)OC/C=C(\C)CC[C@H]1C(C(=O)O)=CC[C@@H]2C(C)(C)CCC[C@@]21C. The highest BCUT2D eigenvalue weighted by Crippen LogP contribution is 2.60. The maximum absolute atomic E-state index is 11.9. The van der Waals surface area contributed by atoms with Gasteiger partial charge in [0.15, 0.2) is 0 Å². The molecule has 4 nitrogen and oxygen atoms in total. The molecule has 2 aliphatic carbocycles. The fourth-order valence-electron chi connectivity index (χ4n) is 5.41. The highest BCUT2D eigenvalue weighted by molar-refractivity contribution is 5.87. The average Bonchev–Trinajstić information content (AvgIpc) is 2.51. The molecule has 1 saturated carbocycles. The quantitative estimate of drug-likeness (QED) is 0.525. The summed E-state index contributed by atoms with van der Waals surface area (Å²) in [4.78, 5) is 22.8. The van der Waals surface area contributed by atoms with Crippen molar-refractivity contribution in [2.24, 2.45) is 22.7 Å². The number of hydrogen-bond donors (Lipinski definition) is 1. The van der Waals surface area contributed by atoms with Gasteiger partial charge in [-0.15, -0.1) is 0 Å². The van der Waals surface area contributed by atoms with Gasteiger partial charge in [0.25, 0.3) is 0 Å². The maximum Gasteiger partial charge on any atom is 0.331 e. The number of carbonyl (C=O) groups is 2. The van der Waals surface area contributed by atoms with Crippen LogP contribution in [0.4, 0.5) is 0 Å². The third kappa shape index (κ3) is 4.39. The van der Waals surface area contributed by atoms with Gasteiger partial charge in [-0.25, -0.2) is 4.79 Å². The Kier molecular flexibility index (Phi) is 6.36. The van der Waals surface area contributed by atoms with Gasteiger partial charge in [0.2, 0.25) is 0 Å². The molecule has 2 aliphatic rings. The van der Waals surface area contributed by atoms with E-state index in [4.69, 9.17) is 4.74 Å². The van der Waals surface area contributed by atoms with Gasteiger partial charge in [0, 0.05) is 12.5 Å². The summed E-state index contributed by atoms with van der Waals surface area (Å²) in [5.74, 6) is -0.436. The van der Waals surface area contributed by atoms with Crippen LogP contribution in [0.3, 0.4) is 0 Å². The molecule has 0 spiro atoms. The number of esters is 1. The van der Waals surface area contributed by atoms with Crippen molar-refractivity contribution in [3.63, 3.8) is 0 Å². The van der Waals surface area contributed by atoms with Crippen molar-refractivity contribution in [2.75, 3.05) is 6.61 Å². The monoisotopic (exact) mass is 362 g/mol. The van der Waals surface area contributed by atoms with Crippen LogP contribution in [-0.4, -0.2) is 23.7 Å². The van der Waals surface area contributed by atoms with Gasteiger partial charge in [0.1, 0.15) is 6.61 Å². The molecule has 1 fully saturated rings. The van der Waals surface area contributed by atoms with E-state index in [1.807, 2.05) is 19.1 Å². The highest BCUT2D eigenvalue weighted by atomic mass is 16.5. The van der Waals surface area contributed by atoms with Gasteiger partial charge in [-0.1, -0.05) is 38.8 Å². The van der Waals surface area contributed by atoms with Gasteiger partial charge in [-0.2, -0.15) is 0 Å². The Morgan fingerprint density at radius 2 is 1.96 bits per heavy atom. The van der Waals surface area contributed by atoms with Gasteiger partial charge < -0.3 is 9.84 Å². The first-order valence-electron chi connectivity index (χ1n) is 9.80. The third-order valence-corrected chi connectivity index (χ3v) is 6.81.